The smallest absolute Gasteiger partial charge is 0.289 e. The molecule has 0 bridgehead atoms. The molecule has 130 valence electrons. The van der Waals surface area contributed by atoms with E-state index in [0.717, 1.165) is 0 Å². The number of rotatable bonds is 6. The molecule has 1 aliphatic heterocycles. The topological polar surface area (TPSA) is 95.0 Å². The van der Waals surface area contributed by atoms with Gasteiger partial charge in [-0.15, -0.1) is 0 Å². The molecule has 2 N–H and O–H groups in total. The molecule has 0 saturated carbocycles. The van der Waals surface area contributed by atoms with Gasteiger partial charge in [0, 0.05) is 32.0 Å². The number of aliphatic hydroxyl groups is 2. The Bertz CT molecular complexity index is 669. The number of carbonyl (C=O) groups is 1. The fourth-order valence-corrected chi connectivity index (χ4v) is 2.99. The third-order valence-electron chi connectivity index (χ3n) is 4.34. The molecule has 8 nitrogen and oxygen atoms in total. The van der Waals surface area contributed by atoms with Crippen molar-refractivity contribution in [3.05, 3.63) is 42.4 Å². The van der Waals surface area contributed by atoms with Gasteiger partial charge in [-0.2, -0.15) is 0 Å². The molecule has 1 amide bonds. The molecular formula is C16H22N4O4. The highest BCUT2D eigenvalue weighted by Crippen LogP contribution is 2.19. The van der Waals surface area contributed by atoms with E-state index in [1.54, 1.807) is 29.6 Å². The second kappa shape index (κ2) is 7.16. The summed E-state index contributed by atoms with van der Waals surface area (Å²) in [5, 5.41) is 19.2. The molecular weight excluding hydrogens is 312 g/mol. The van der Waals surface area contributed by atoms with Crippen LogP contribution in [0.15, 0.2) is 35.3 Å². The first-order valence-corrected chi connectivity index (χ1v) is 7.91. The third kappa shape index (κ3) is 3.50. The van der Waals surface area contributed by atoms with Gasteiger partial charge >= 0.3 is 0 Å². The Balaban J connectivity index is 1.63. The number of hydrogen-bond acceptors (Lipinski definition) is 6. The van der Waals surface area contributed by atoms with Crippen LogP contribution in [-0.2, 0) is 6.54 Å². The highest BCUT2D eigenvalue weighted by atomic mass is 16.4. The molecule has 0 aliphatic carbocycles. The molecule has 2 aromatic heterocycles. The number of nitrogens with zero attached hydrogens (tertiary/aromatic N) is 4. The monoisotopic (exact) mass is 334 g/mol. The van der Waals surface area contributed by atoms with E-state index in [-0.39, 0.29) is 30.9 Å². The van der Waals surface area contributed by atoms with Gasteiger partial charge in [0.1, 0.15) is 5.76 Å². The number of β-amino-alcohol motifs (C(OH)–C–C–N with tert-alkyl or cyclic N) is 1. The lowest BCUT2D eigenvalue weighted by atomic mass is 10.2. The maximum Gasteiger partial charge on any atom is 0.289 e. The molecule has 0 spiro atoms. The van der Waals surface area contributed by atoms with Crippen molar-refractivity contribution in [2.24, 2.45) is 0 Å². The number of furan rings is 1. The Morgan fingerprint density at radius 3 is 3.00 bits per heavy atom. The number of aromatic nitrogens is 2. The minimum absolute atomic E-state index is 0.0173. The Kier molecular flexibility index (Phi) is 4.98. The molecule has 3 rings (SSSR count). The van der Waals surface area contributed by atoms with Gasteiger partial charge in [0.2, 0.25) is 0 Å². The lowest BCUT2D eigenvalue weighted by molar-refractivity contribution is 0.0729. The molecule has 1 saturated heterocycles. The van der Waals surface area contributed by atoms with Gasteiger partial charge in [-0.25, -0.2) is 4.98 Å². The number of likely N-dealkylation sites (tertiary alicyclic amines) is 1. The van der Waals surface area contributed by atoms with Crippen LogP contribution < -0.4 is 0 Å². The van der Waals surface area contributed by atoms with E-state index in [9.17, 15) is 9.90 Å². The van der Waals surface area contributed by atoms with Gasteiger partial charge in [0.15, 0.2) is 5.76 Å². The predicted molar refractivity (Wildman–Crippen MR) is 85.5 cm³/mol. The Morgan fingerprint density at radius 1 is 1.46 bits per heavy atom. The number of hydrogen-bond donors (Lipinski definition) is 2. The van der Waals surface area contributed by atoms with Crippen LogP contribution in [0.4, 0.5) is 0 Å². The van der Waals surface area contributed by atoms with Gasteiger partial charge in [-0.05, 0) is 19.2 Å². The minimum Gasteiger partial charge on any atom is -0.454 e. The summed E-state index contributed by atoms with van der Waals surface area (Å²) >= 11 is 0. The first-order chi connectivity index (χ1) is 11.6. The zero-order chi connectivity index (χ0) is 17.1. The predicted octanol–water partition coefficient (Wildman–Crippen LogP) is -0.366. The molecule has 2 atom stereocenters. The van der Waals surface area contributed by atoms with Crippen molar-refractivity contribution >= 4 is 5.91 Å². The van der Waals surface area contributed by atoms with E-state index < -0.39 is 6.10 Å². The SMILES string of the molecule is CN(CCO)[C@H]1CN(C(=O)c2ccc(Cn3ccnc3)o2)C[C@@H]1O. The molecule has 0 radical (unpaired) electrons. The lowest BCUT2D eigenvalue weighted by Crippen LogP contribution is -2.42. The van der Waals surface area contributed by atoms with Crippen LogP contribution in [0.2, 0.25) is 0 Å². The van der Waals surface area contributed by atoms with Crippen LogP contribution in [0.25, 0.3) is 0 Å². The van der Waals surface area contributed by atoms with Gasteiger partial charge in [-0.3, -0.25) is 9.69 Å². The second-order valence-corrected chi connectivity index (χ2v) is 6.05. The number of carbonyl (C=O) groups excluding carboxylic acids is 1. The number of likely N-dealkylation sites (N-methyl/N-ethyl adjacent to an activating group) is 1. The minimum atomic E-state index is -0.633. The number of aliphatic hydroxyl groups excluding tert-OH is 2. The summed E-state index contributed by atoms with van der Waals surface area (Å²) in [5.41, 5.74) is 0. The van der Waals surface area contributed by atoms with Gasteiger partial charge in [0.05, 0.1) is 31.6 Å². The fourth-order valence-electron chi connectivity index (χ4n) is 2.99. The van der Waals surface area contributed by atoms with Crippen LogP contribution in [0.5, 0.6) is 0 Å². The molecule has 1 aliphatic rings. The molecule has 0 unspecified atom stereocenters. The van der Waals surface area contributed by atoms with Gasteiger partial charge in [0.25, 0.3) is 5.91 Å². The number of amides is 1. The van der Waals surface area contributed by atoms with Crippen molar-refractivity contribution in [1.82, 2.24) is 19.4 Å². The lowest BCUT2D eigenvalue weighted by Gasteiger charge is -2.25. The average molecular weight is 334 g/mol. The average Bonchev–Trinajstić information content (AvgIpc) is 3.28. The summed E-state index contributed by atoms with van der Waals surface area (Å²) in [6, 6.07) is 3.25. The summed E-state index contributed by atoms with van der Waals surface area (Å²) in [4.78, 5) is 20.0. The molecule has 24 heavy (non-hydrogen) atoms. The highest BCUT2D eigenvalue weighted by Gasteiger charge is 2.37. The third-order valence-corrected chi connectivity index (χ3v) is 4.34. The fraction of sp³-hybridized carbons (Fsp3) is 0.500. The first-order valence-electron chi connectivity index (χ1n) is 7.91. The summed E-state index contributed by atoms with van der Waals surface area (Å²) in [7, 11) is 1.83. The zero-order valence-electron chi connectivity index (χ0n) is 13.6. The molecule has 1 fully saturated rings. The molecule has 0 aromatic carbocycles. The highest BCUT2D eigenvalue weighted by molar-refractivity contribution is 5.91. The van der Waals surface area contributed by atoms with E-state index in [1.165, 1.54) is 0 Å². The van der Waals surface area contributed by atoms with Crippen LogP contribution in [0, 0.1) is 0 Å². The summed E-state index contributed by atoms with van der Waals surface area (Å²) < 4.78 is 7.49. The largest absolute Gasteiger partial charge is 0.454 e. The van der Waals surface area contributed by atoms with E-state index in [4.69, 9.17) is 9.52 Å². The van der Waals surface area contributed by atoms with E-state index in [0.29, 0.717) is 25.4 Å². The van der Waals surface area contributed by atoms with Crippen LogP contribution >= 0.6 is 0 Å². The van der Waals surface area contributed by atoms with Crippen molar-refractivity contribution in [2.75, 3.05) is 33.3 Å². The second-order valence-electron chi connectivity index (χ2n) is 6.05. The van der Waals surface area contributed by atoms with Crippen molar-refractivity contribution < 1.29 is 19.4 Å². The maximum atomic E-state index is 12.6. The molecule has 3 heterocycles. The quantitative estimate of drug-likeness (QED) is 0.749. The van der Waals surface area contributed by atoms with Gasteiger partial charge in [-0.1, -0.05) is 0 Å². The van der Waals surface area contributed by atoms with Crippen LogP contribution in [-0.4, -0.2) is 80.9 Å². The number of imidazole rings is 1. The first kappa shape index (κ1) is 16.7. The summed E-state index contributed by atoms with van der Waals surface area (Å²) in [5.74, 6) is 0.707. The Hall–Kier alpha value is -2.16. The standard InChI is InChI=1S/C16H22N4O4/c1-18(6-7-21)13-9-20(10-14(13)22)16(23)15-3-2-12(24-15)8-19-5-4-17-11-19/h2-5,11,13-14,21-22H,6-10H2,1H3/t13-,14-/m0/s1. The van der Waals surface area contributed by atoms with Crippen LogP contribution in [0.1, 0.15) is 16.3 Å². The summed E-state index contributed by atoms with van der Waals surface area (Å²) in [6.07, 6.45) is 4.56. The molecule has 2 aromatic rings. The normalized spacial score (nSPS) is 20.9. The van der Waals surface area contributed by atoms with Crippen molar-refractivity contribution in [3.8, 4) is 0 Å². The van der Waals surface area contributed by atoms with Gasteiger partial charge < -0.3 is 24.1 Å². The Labute approximate surface area is 139 Å². The van der Waals surface area contributed by atoms with E-state index in [1.807, 2.05) is 22.7 Å². The Morgan fingerprint density at radius 2 is 2.29 bits per heavy atom. The summed E-state index contributed by atoms with van der Waals surface area (Å²) in [6.45, 7) is 1.66. The van der Waals surface area contributed by atoms with E-state index >= 15 is 0 Å². The zero-order valence-corrected chi connectivity index (χ0v) is 13.6. The molecule has 8 heteroatoms. The van der Waals surface area contributed by atoms with Crippen molar-refractivity contribution in [3.63, 3.8) is 0 Å². The van der Waals surface area contributed by atoms with Crippen molar-refractivity contribution in [1.29, 1.82) is 0 Å². The maximum absolute atomic E-state index is 12.6. The van der Waals surface area contributed by atoms with Crippen LogP contribution in [0.3, 0.4) is 0 Å². The van der Waals surface area contributed by atoms with E-state index in [2.05, 4.69) is 4.98 Å². The van der Waals surface area contributed by atoms with Crippen molar-refractivity contribution in [2.45, 2.75) is 18.7 Å².